The van der Waals surface area contributed by atoms with Crippen LogP contribution in [0.25, 0.3) is 0 Å². The summed E-state index contributed by atoms with van der Waals surface area (Å²) in [6.07, 6.45) is 1.50. The highest BCUT2D eigenvalue weighted by molar-refractivity contribution is 7.10. The molecule has 18 heavy (non-hydrogen) atoms. The summed E-state index contributed by atoms with van der Waals surface area (Å²) in [5, 5.41) is 10.6. The van der Waals surface area contributed by atoms with Gasteiger partial charge in [0, 0.05) is 28.8 Å². The summed E-state index contributed by atoms with van der Waals surface area (Å²) < 4.78 is 3.68. The number of carbonyl (C=O) groups excluding carboxylic acids is 1. The molecule has 0 unspecified atom stereocenters. The van der Waals surface area contributed by atoms with Gasteiger partial charge in [-0.25, -0.2) is 0 Å². The predicted octanol–water partition coefficient (Wildman–Crippen LogP) is 2.88. The van der Waals surface area contributed by atoms with Crippen LogP contribution in [0.2, 0.25) is 5.02 Å². The number of benzene rings is 1. The van der Waals surface area contributed by atoms with Gasteiger partial charge in [-0.1, -0.05) is 16.1 Å². The van der Waals surface area contributed by atoms with Gasteiger partial charge < -0.3 is 10.6 Å². The van der Waals surface area contributed by atoms with Crippen LogP contribution in [-0.2, 0) is 0 Å². The molecule has 0 saturated carbocycles. The fraction of sp³-hybridized carbons (Fsp3) is 0.182. The lowest BCUT2D eigenvalue weighted by Gasteiger charge is -2.10. The maximum Gasteiger partial charge on any atom is 0.258 e. The van der Waals surface area contributed by atoms with Crippen molar-refractivity contribution in [2.45, 2.75) is 6.92 Å². The third-order valence-electron chi connectivity index (χ3n) is 2.19. The molecule has 94 valence electrons. The van der Waals surface area contributed by atoms with Crippen molar-refractivity contribution >= 4 is 39.7 Å². The van der Waals surface area contributed by atoms with E-state index in [4.69, 9.17) is 11.6 Å². The lowest BCUT2D eigenvalue weighted by molar-refractivity contribution is 0.102. The van der Waals surface area contributed by atoms with Gasteiger partial charge in [0.15, 0.2) is 0 Å². The molecule has 0 fully saturated rings. The zero-order chi connectivity index (χ0) is 13.0. The largest absolute Gasteiger partial charge is 0.385 e. The Labute approximate surface area is 113 Å². The second kappa shape index (κ2) is 5.79. The number of anilines is 2. The molecule has 1 aromatic carbocycles. The van der Waals surface area contributed by atoms with Gasteiger partial charge in [0.25, 0.3) is 5.91 Å². The summed E-state index contributed by atoms with van der Waals surface area (Å²) in [6.45, 7) is 2.69. The first kappa shape index (κ1) is 12.8. The number of nitrogens with one attached hydrogen (secondary N) is 2. The molecule has 0 aliphatic rings. The number of hydrogen-bond acceptors (Lipinski definition) is 5. The van der Waals surface area contributed by atoms with E-state index < -0.39 is 0 Å². The minimum atomic E-state index is -0.237. The van der Waals surface area contributed by atoms with Gasteiger partial charge in [0.1, 0.15) is 5.00 Å². The number of halogens is 1. The van der Waals surface area contributed by atoms with Crippen LogP contribution in [0.3, 0.4) is 0 Å². The van der Waals surface area contributed by atoms with E-state index in [2.05, 4.69) is 20.2 Å². The molecule has 1 heterocycles. The van der Waals surface area contributed by atoms with Gasteiger partial charge >= 0.3 is 0 Å². The molecule has 0 spiro atoms. The van der Waals surface area contributed by atoms with E-state index >= 15 is 0 Å². The minimum absolute atomic E-state index is 0.237. The Bertz CT molecular complexity index is 544. The normalized spacial score (nSPS) is 10.1. The summed E-state index contributed by atoms with van der Waals surface area (Å²) in [5.41, 5.74) is 1.25. The van der Waals surface area contributed by atoms with E-state index in [1.165, 1.54) is 6.20 Å². The fourth-order valence-corrected chi connectivity index (χ4v) is 2.04. The van der Waals surface area contributed by atoms with E-state index in [0.717, 1.165) is 23.8 Å². The molecule has 7 heteroatoms. The molecule has 2 aromatic rings. The van der Waals surface area contributed by atoms with Gasteiger partial charge in [-0.05, 0) is 25.1 Å². The van der Waals surface area contributed by atoms with Crippen LogP contribution in [0.15, 0.2) is 24.4 Å². The molecule has 0 saturated heterocycles. The van der Waals surface area contributed by atoms with E-state index in [1.807, 2.05) is 6.92 Å². The second-order valence-corrected chi connectivity index (χ2v) is 4.68. The number of carbonyl (C=O) groups is 1. The van der Waals surface area contributed by atoms with Crippen molar-refractivity contribution < 1.29 is 4.79 Å². The van der Waals surface area contributed by atoms with Gasteiger partial charge in [0.2, 0.25) is 0 Å². The predicted molar refractivity (Wildman–Crippen MR) is 73.5 cm³/mol. The Hall–Kier alpha value is -1.66. The number of hydrogen-bond donors (Lipinski definition) is 2. The first-order valence-corrected chi connectivity index (χ1v) is 6.48. The Balaban J connectivity index is 2.25. The Morgan fingerprint density at radius 3 is 3.00 bits per heavy atom. The van der Waals surface area contributed by atoms with E-state index in [9.17, 15) is 4.79 Å². The minimum Gasteiger partial charge on any atom is -0.385 e. The van der Waals surface area contributed by atoms with Gasteiger partial charge in [0.05, 0.1) is 11.8 Å². The first-order chi connectivity index (χ1) is 8.70. The molecular weight excluding hydrogens is 272 g/mol. The van der Waals surface area contributed by atoms with Crippen LogP contribution >= 0.6 is 23.1 Å². The third kappa shape index (κ3) is 2.96. The Morgan fingerprint density at radius 2 is 2.33 bits per heavy atom. The molecule has 2 N–H and O–H groups in total. The fourth-order valence-electron chi connectivity index (χ4n) is 1.45. The Kier molecular flexibility index (Phi) is 4.11. The van der Waals surface area contributed by atoms with Gasteiger partial charge in [-0.2, -0.15) is 0 Å². The maximum absolute atomic E-state index is 12.1. The molecule has 0 atom stereocenters. The summed E-state index contributed by atoms with van der Waals surface area (Å²) in [7, 11) is 0. The van der Waals surface area contributed by atoms with Crippen molar-refractivity contribution in [1.82, 2.24) is 9.59 Å². The van der Waals surface area contributed by atoms with Crippen LogP contribution in [-0.4, -0.2) is 22.0 Å². The van der Waals surface area contributed by atoms with Crippen LogP contribution in [0.1, 0.15) is 17.3 Å². The molecule has 0 radical (unpaired) electrons. The highest BCUT2D eigenvalue weighted by Gasteiger charge is 2.13. The molecular formula is C11H11ClN4OS. The third-order valence-corrected chi connectivity index (χ3v) is 3.01. The second-order valence-electron chi connectivity index (χ2n) is 3.46. The smallest absolute Gasteiger partial charge is 0.258 e. The molecule has 1 aromatic heterocycles. The Morgan fingerprint density at radius 1 is 1.50 bits per heavy atom. The number of rotatable bonds is 4. The van der Waals surface area contributed by atoms with Crippen LogP contribution in [0.4, 0.5) is 10.7 Å². The molecule has 2 rings (SSSR count). The van der Waals surface area contributed by atoms with E-state index in [0.29, 0.717) is 15.6 Å². The standard InChI is InChI=1S/C11H11ClN4OS/c1-2-13-9-4-3-7(12)5-8(9)11(17)15-10-6-14-16-18-10/h3-6,13H,2H2,1H3,(H,15,17). The molecule has 5 nitrogen and oxygen atoms in total. The van der Waals surface area contributed by atoms with Crippen molar-refractivity contribution in [2.75, 3.05) is 17.2 Å². The average Bonchev–Trinajstić information content (AvgIpc) is 2.84. The van der Waals surface area contributed by atoms with Crippen molar-refractivity contribution in [2.24, 2.45) is 0 Å². The average molecular weight is 283 g/mol. The van der Waals surface area contributed by atoms with Crippen molar-refractivity contribution in [3.8, 4) is 0 Å². The zero-order valence-corrected chi connectivity index (χ0v) is 11.2. The first-order valence-electron chi connectivity index (χ1n) is 5.33. The van der Waals surface area contributed by atoms with Crippen molar-refractivity contribution in [3.63, 3.8) is 0 Å². The summed E-state index contributed by atoms with van der Waals surface area (Å²) in [5.74, 6) is -0.237. The number of amides is 1. The molecule has 0 bridgehead atoms. The number of aromatic nitrogens is 2. The molecule has 0 aliphatic heterocycles. The van der Waals surface area contributed by atoms with Crippen molar-refractivity contribution in [1.29, 1.82) is 0 Å². The molecule has 0 aliphatic carbocycles. The van der Waals surface area contributed by atoms with Crippen LogP contribution < -0.4 is 10.6 Å². The van der Waals surface area contributed by atoms with Crippen LogP contribution in [0, 0.1) is 0 Å². The SMILES string of the molecule is CCNc1ccc(Cl)cc1C(=O)Nc1cnns1. The lowest BCUT2D eigenvalue weighted by Crippen LogP contribution is -2.14. The molecule has 1 amide bonds. The van der Waals surface area contributed by atoms with Crippen LogP contribution in [0.5, 0.6) is 0 Å². The van der Waals surface area contributed by atoms with Gasteiger partial charge in [-0.3, -0.25) is 4.79 Å². The van der Waals surface area contributed by atoms with E-state index in [-0.39, 0.29) is 5.91 Å². The summed E-state index contributed by atoms with van der Waals surface area (Å²) >= 11 is 7.04. The van der Waals surface area contributed by atoms with Crippen molar-refractivity contribution in [3.05, 3.63) is 35.0 Å². The van der Waals surface area contributed by atoms with Gasteiger partial charge in [-0.15, -0.1) is 5.10 Å². The monoisotopic (exact) mass is 282 g/mol. The maximum atomic E-state index is 12.1. The summed E-state index contributed by atoms with van der Waals surface area (Å²) in [6, 6.07) is 5.15. The van der Waals surface area contributed by atoms with E-state index in [1.54, 1.807) is 18.2 Å². The topological polar surface area (TPSA) is 66.9 Å². The summed E-state index contributed by atoms with van der Waals surface area (Å²) in [4.78, 5) is 12.1. The zero-order valence-electron chi connectivity index (χ0n) is 9.61. The highest BCUT2D eigenvalue weighted by Crippen LogP contribution is 2.22. The quantitative estimate of drug-likeness (QED) is 0.905. The number of nitrogens with zero attached hydrogens (tertiary/aromatic N) is 2. The lowest BCUT2D eigenvalue weighted by atomic mass is 10.1. The highest BCUT2D eigenvalue weighted by atomic mass is 35.5.